The molecule has 5 nitrogen and oxygen atoms in total. The van der Waals surface area contributed by atoms with Gasteiger partial charge >= 0.3 is 0 Å². The van der Waals surface area contributed by atoms with Crippen LogP contribution in [0.4, 0.5) is 5.69 Å². The zero-order valence-corrected chi connectivity index (χ0v) is 20.7. The van der Waals surface area contributed by atoms with Crippen LogP contribution in [-0.4, -0.2) is 14.3 Å². The number of amides is 1. The summed E-state index contributed by atoms with van der Waals surface area (Å²) in [7, 11) is -3.81. The molecule has 0 aliphatic rings. The van der Waals surface area contributed by atoms with Crippen molar-refractivity contribution in [3.05, 3.63) is 94.0 Å². The largest absolute Gasteiger partial charge is 0.326 e. The molecule has 0 heterocycles. The van der Waals surface area contributed by atoms with Gasteiger partial charge in [-0.1, -0.05) is 77.8 Å². The lowest BCUT2D eigenvalue weighted by Crippen LogP contribution is -2.31. The van der Waals surface area contributed by atoms with Crippen LogP contribution in [0.3, 0.4) is 0 Å². The van der Waals surface area contributed by atoms with E-state index in [1.165, 1.54) is 0 Å². The van der Waals surface area contributed by atoms with Crippen LogP contribution in [0.2, 0.25) is 0 Å². The van der Waals surface area contributed by atoms with E-state index in [1.807, 2.05) is 55.5 Å². The number of hydrogen-bond donors (Lipinski definition) is 2. The van der Waals surface area contributed by atoms with E-state index in [-0.39, 0.29) is 23.1 Å². The molecule has 0 spiro atoms. The highest BCUT2D eigenvalue weighted by Gasteiger charge is 2.24. The van der Waals surface area contributed by atoms with E-state index in [0.29, 0.717) is 0 Å². The van der Waals surface area contributed by atoms with Crippen LogP contribution in [-0.2, 0) is 14.8 Å². The third-order valence-corrected chi connectivity index (χ3v) is 7.11. The van der Waals surface area contributed by atoms with Gasteiger partial charge in [-0.2, -0.15) is 0 Å². The number of halogens is 1. The first-order valence-electron chi connectivity index (χ1n) is 10.4. The maximum atomic E-state index is 13.0. The van der Waals surface area contributed by atoms with Crippen LogP contribution in [0.25, 0.3) is 0 Å². The van der Waals surface area contributed by atoms with E-state index < -0.39 is 16.1 Å². The van der Waals surface area contributed by atoms with Crippen molar-refractivity contribution in [3.63, 3.8) is 0 Å². The van der Waals surface area contributed by atoms with E-state index in [2.05, 4.69) is 39.8 Å². The Labute approximate surface area is 198 Å². The van der Waals surface area contributed by atoms with Crippen molar-refractivity contribution in [3.8, 4) is 0 Å². The van der Waals surface area contributed by atoms with Gasteiger partial charge in [-0.05, 0) is 54.3 Å². The molecule has 0 bridgehead atoms. The minimum absolute atomic E-state index is 0.0390. The average Bonchev–Trinajstić information content (AvgIpc) is 2.75. The summed E-state index contributed by atoms with van der Waals surface area (Å²) in [4.78, 5) is 13.1. The van der Waals surface area contributed by atoms with Crippen molar-refractivity contribution in [2.75, 3.05) is 5.32 Å². The van der Waals surface area contributed by atoms with E-state index in [0.717, 1.165) is 26.9 Å². The fourth-order valence-electron chi connectivity index (χ4n) is 3.40. The van der Waals surface area contributed by atoms with Gasteiger partial charge in [-0.25, -0.2) is 13.1 Å². The summed E-state index contributed by atoms with van der Waals surface area (Å²) in [6.07, 6.45) is -0.0390. The predicted molar refractivity (Wildman–Crippen MR) is 132 cm³/mol. The summed E-state index contributed by atoms with van der Waals surface area (Å²) in [5, 5.41) is 2.96. The lowest BCUT2D eigenvalue weighted by Gasteiger charge is -2.20. The number of carbonyl (C=O) groups excluding carboxylic acids is 1. The summed E-state index contributed by atoms with van der Waals surface area (Å²) in [6, 6.07) is 20.8. The van der Waals surface area contributed by atoms with Crippen molar-refractivity contribution in [2.24, 2.45) is 0 Å². The Morgan fingerprint density at radius 1 is 0.969 bits per heavy atom. The van der Waals surface area contributed by atoms with Crippen molar-refractivity contribution in [1.82, 2.24) is 4.72 Å². The van der Waals surface area contributed by atoms with Gasteiger partial charge in [0.05, 0.1) is 10.9 Å². The third kappa shape index (κ3) is 6.28. The first kappa shape index (κ1) is 24.2. The van der Waals surface area contributed by atoms with Gasteiger partial charge < -0.3 is 5.32 Å². The number of carbonyl (C=O) groups is 1. The molecule has 32 heavy (non-hydrogen) atoms. The van der Waals surface area contributed by atoms with Gasteiger partial charge in [0.25, 0.3) is 0 Å². The second-order valence-corrected chi connectivity index (χ2v) is 10.7. The quantitative estimate of drug-likeness (QED) is 0.391. The molecule has 168 valence electrons. The molecule has 0 aliphatic heterocycles. The molecular formula is C25H27BrN2O3S. The molecule has 0 fully saturated rings. The Kier molecular flexibility index (Phi) is 7.87. The van der Waals surface area contributed by atoms with E-state index in [4.69, 9.17) is 0 Å². The summed E-state index contributed by atoms with van der Waals surface area (Å²) in [5.74, 6) is -0.0533. The molecule has 7 heteroatoms. The van der Waals surface area contributed by atoms with Gasteiger partial charge in [-0.15, -0.1) is 0 Å². The molecule has 0 saturated heterocycles. The Hall–Kier alpha value is -2.48. The van der Waals surface area contributed by atoms with Gasteiger partial charge in [0, 0.05) is 16.6 Å². The molecule has 3 rings (SSSR count). The van der Waals surface area contributed by atoms with Crippen molar-refractivity contribution >= 4 is 37.5 Å². The molecule has 1 amide bonds. The van der Waals surface area contributed by atoms with Crippen LogP contribution in [0, 0.1) is 6.92 Å². The smallest absolute Gasteiger partial charge is 0.241 e. The molecule has 0 saturated carbocycles. The maximum absolute atomic E-state index is 13.0. The zero-order chi connectivity index (χ0) is 23.3. The van der Waals surface area contributed by atoms with E-state index >= 15 is 0 Å². The number of rotatable bonds is 8. The lowest BCUT2D eigenvalue weighted by molar-refractivity contribution is -0.116. The van der Waals surface area contributed by atoms with E-state index in [1.54, 1.807) is 24.3 Å². The monoisotopic (exact) mass is 514 g/mol. The number of benzene rings is 3. The highest BCUT2D eigenvalue weighted by Crippen LogP contribution is 2.29. The Morgan fingerprint density at radius 3 is 2.25 bits per heavy atom. The van der Waals surface area contributed by atoms with Crippen LogP contribution in [0.5, 0.6) is 0 Å². The van der Waals surface area contributed by atoms with Crippen LogP contribution in [0.15, 0.2) is 82.2 Å². The van der Waals surface area contributed by atoms with Crippen molar-refractivity contribution in [2.45, 2.75) is 44.0 Å². The molecule has 3 aromatic rings. The summed E-state index contributed by atoms with van der Waals surface area (Å²) in [6.45, 7) is 6.01. The number of sulfonamides is 1. The van der Waals surface area contributed by atoms with Gasteiger partial charge in [0.15, 0.2) is 0 Å². The second-order valence-electron chi connectivity index (χ2n) is 8.04. The van der Waals surface area contributed by atoms with E-state index in [9.17, 15) is 13.2 Å². The third-order valence-electron chi connectivity index (χ3n) is 5.13. The number of aryl methyl sites for hydroxylation is 1. The second kappa shape index (κ2) is 10.4. The highest BCUT2D eigenvalue weighted by molar-refractivity contribution is 9.10. The zero-order valence-electron chi connectivity index (χ0n) is 18.3. The Bertz CT molecular complexity index is 1180. The molecule has 0 aliphatic carbocycles. The minimum atomic E-state index is -3.81. The fourth-order valence-corrected chi connectivity index (χ4v) is 5.00. The van der Waals surface area contributed by atoms with Gasteiger partial charge in [-0.3, -0.25) is 4.79 Å². The number of nitrogens with one attached hydrogen (secondary N) is 2. The number of anilines is 1. The fraction of sp³-hybridized carbons (Fsp3) is 0.240. The summed E-state index contributed by atoms with van der Waals surface area (Å²) >= 11 is 3.47. The average molecular weight is 515 g/mol. The molecular weight excluding hydrogens is 488 g/mol. The highest BCUT2D eigenvalue weighted by atomic mass is 79.9. The lowest BCUT2D eigenvalue weighted by atomic mass is 10.0. The Morgan fingerprint density at radius 2 is 1.62 bits per heavy atom. The standard InChI is InChI=1S/C25H27BrN2O3S/c1-17(2)22-15-20(26)11-14-23(22)27-25(29)16-24(19-7-5-4-6-8-19)28-32(30,31)21-12-9-18(3)10-13-21/h4-15,17,24,28H,16H2,1-3H3,(H,27,29)/t24-/m0/s1. The van der Waals surface area contributed by atoms with Crippen LogP contribution >= 0.6 is 15.9 Å². The van der Waals surface area contributed by atoms with Crippen molar-refractivity contribution in [1.29, 1.82) is 0 Å². The normalized spacial score (nSPS) is 12.5. The molecule has 1 atom stereocenters. The topological polar surface area (TPSA) is 75.3 Å². The SMILES string of the molecule is Cc1ccc(S(=O)(=O)N[C@@H](CC(=O)Nc2ccc(Br)cc2C(C)C)c2ccccc2)cc1. The minimum Gasteiger partial charge on any atom is -0.326 e. The molecule has 0 unspecified atom stereocenters. The maximum Gasteiger partial charge on any atom is 0.241 e. The molecule has 0 radical (unpaired) electrons. The molecule has 0 aromatic heterocycles. The predicted octanol–water partition coefficient (Wildman–Crippen LogP) is 5.93. The summed E-state index contributed by atoms with van der Waals surface area (Å²) < 4.78 is 29.6. The van der Waals surface area contributed by atoms with Gasteiger partial charge in [0.2, 0.25) is 15.9 Å². The van der Waals surface area contributed by atoms with Crippen LogP contribution < -0.4 is 10.0 Å². The first-order chi connectivity index (χ1) is 15.2. The first-order valence-corrected chi connectivity index (χ1v) is 12.7. The number of hydrogen-bond acceptors (Lipinski definition) is 3. The summed E-state index contributed by atoms with van der Waals surface area (Å²) in [5.41, 5.74) is 3.42. The molecule has 2 N–H and O–H groups in total. The van der Waals surface area contributed by atoms with Gasteiger partial charge in [0.1, 0.15) is 0 Å². The van der Waals surface area contributed by atoms with Crippen LogP contribution in [0.1, 0.15) is 48.9 Å². The molecule has 3 aromatic carbocycles. The Balaban J connectivity index is 1.84. The van der Waals surface area contributed by atoms with Crippen molar-refractivity contribution < 1.29 is 13.2 Å².